The molecule has 102 valence electrons. The minimum absolute atomic E-state index is 0.445. The summed E-state index contributed by atoms with van der Waals surface area (Å²) in [6.07, 6.45) is 2.29. The molecule has 0 aliphatic rings. The Kier molecular flexibility index (Phi) is 6.13. The molecule has 18 heavy (non-hydrogen) atoms. The maximum absolute atomic E-state index is 5.79. The summed E-state index contributed by atoms with van der Waals surface area (Å²) in [5.74, 6) is 1.53. The SMILES string of the molecule is CCCN(CCC)c1cc(CN)cc(C(C)C)n1. The van der Waals surface area contributed by atoms with Crippen LogP contribution < -0.4 is 10.6 Å². The lowest BCUT2D eigenvalue weighted by Gasteiger charge is -2.24. The highest BCUT2D eigenvalue weighted by Crippen LogP contribution is 2.20. The van der Waals surface area contributed by atoms with Crippen LogP contribution in [0, 0.1) is 0 Å². The van der Waals surface area contributed by atoms with Crippen LogP contribution in [0.25, 0.3) is 0 Å². The fourth-order valence-electron chi connectivity index (χ4n) is 2.05. The summed E-state index contributed by atoms with van der Waals surface area (Å²) in [5, 5.41) is 0. The van der Waals surface area contributed by atoms with Gasteiger partial charge in [-0.3, -0.25) is 0 Å². The van der Waals surface area contributed by atoms with Crippen molar-refractivity contribution in [3.63, 3.8) is 0 Å². The standard InChI is InChI=1S/C15H27N3/c1-5-7-18(8-6-2)15-10-13(11-16)9-14(17-15)12(3)4/h9-10,12H,5-8,11,16H2,1-4H3. The van der Waals surface area contributed by atoms with E-state index in [1.807, 2.05) is 0 Å². The van der Waals surface area contributed by atoms with E-state index in [4.69, 9.17) is 10.7 Å². The quantitative estimate of drug-likeness (QED) is 0.806. The largest absolute Gasteiger partial charge is 0.357 e. The van der Waals surface area contributed by atoms with E-state index in [1.165, 1.54) is 5.56 Å². The van der Waals surface area contributed by atoms with E-state index in [9.17, 15) is 0 Å². The molecule has 1 aromatic heterocycles. The summed E-state index contributed by atoms with van der Waals surface area (Å²) >= 11 is 0. The maximum Gasteiger partial charge on any atom is 0.129 e. The van der Waals surface area contributed by atoms with E-state index >= 15 is 0 Å². The molecule has 0 radical (unpaired) electrons. The molecule has 1 heterocycles. The van der Waals surface area contributed by atoms with Crippen LogP contribution in [0.5, 0.6) is 0 Å². The van der Waals surface area contributed by atoms with Gasteiger partial charge in [0.1, 0.15) is 5.82 Å². The topological polar surface area (TPSA) is 42.1 Å². The zero-order chi connectivity index (χ0) is 13.5. The first-order valence-corrected chi connectivity index (χ1v) is 7.08. The predicted molar refractivity (Wildman–Crippen MR) is 79.0 cm³/mol. The number of rotatable bonds is 7. The van der Waals surface area contributed by atoms with Crippen molar-refractivity contribution in [3.8, 4) is 0 Å². The van der Waals surface area contributed by atoms with Crippen LogP contribution in [-0.2, 0) is 6.54 Å². The summed E-state index contributed by atoms with van der Waals surface area (Å²) in [6.45, 7) is 11.5. The van der Waals surface area contributed by atoms with E-state index in [0.717, 1.165) is 37.4 Å². The fraction of sp³-hybridized carbons (Fsp3) is 0.667. The second kappa shape index (κ2) is 7.37. The molecule has 0 spiro atoms. The first-order chi connectivity index (χ1) is 8.62. The van der Waals surface area contributed by atoms with E-state index in [2.05, 4.69) is 44.7 Å². The molecule has 0 aliphatic carbocycles. The molecule has 0 saturated carbocycles. The molecule has 0 fully saturated rings. The molecule has 0 bridgehead atoms. The first kappa shape index (κ1) is 15.0. The molecule has 0 unspecified atom stereocenters. The van der Waals surface area contributed by atoms with Gasteiger partial charge in [0.25, 0.3) is 0 Å². The molecular weight excluding hydrogens is 222 g/mol. The van der Waals surface area contributed by atoms with Crippen molar-refractivity contribution < 1.29 is 0 Å². The number of nitrogens with zero attached hydrogens (tertiary/aromatic N) is 2. The molecule has 0 aliphatic heterocycles. The monoisotopic (exact) mass is 249 g/mol. The minimum Gasteiger partial charge on any atom is -0.357 e. The third kappa shape index (κ3) is 3.98. The zero-order valence-corrected chi connectivity index (χ0v) is 12.2. The third-order valence-corrected chi connectivity index (χ3v) is 3.03. The van der Waals surface area contributed by atoms with Gasteiger partial charge >= 0.3 is 0 Å². The lowest BCUT2D eigenvalue weighted by molar-refractivity contribution is 0.722. The second-order valence-electron chi connectivity index (χ2n) is 5.10. The van der Waals surface area contributed by atoms with Gasteiger partial charge in [-0.2, -0.15) is 0 Å². The van der Waals surface area contributed by atoms with Crippen molar-refractivity contribution in [2.24, 2.45) is 5.73 Å². The number of nitrogens with two attached hydrogens (primary N) is 1. The molecule has 1 aromatic rings. The van der Waals surface area contributed by atoms with Gasteiger partial charge in [-0.05, 0) is 36.5 Å². The third-order valence-electron chi connectivity index (χ3n) is 3.03. The van der Waals surface area contributed by atoms with Gasteiger partial charge in [0, 0.05) is 25.3 Å². The van der Waals surface area contributed by atoms with Crippen molar-refractivity contribution in [2.45, 2.75) is 53.0 Å². The number of anilines is 1. The van der Waals surface area contributed by atoms with Gasteiger partial charge in [0.15, 0.2) is 0 Å². The summed E-state index contributed by atoms with van der Waals surface area (Å²) in [6, 6.07) is 4.27. The first-order valence-electron chi connectivity index (χ1n) is 7.08. The van der Waals surface area contributed by atoms with Crippen LogP contribution in [0.3, 0.4) is 0 Å². The smallest absolute Gasteiger partial charge is 0.129 e. The molecular formula is C15H27N3. The van der Waals surface area contributed by atoms with E-state index in [0.29, 0.717) is 12.5 Å². The Morgan fingerprint density at radius 2 is 1.78 bits per heavy atom. The molecule has 1 rings (SSSR count). The number of pyridine rings is 1. The van der Waals surface area contributed by atoms with Crippen LogP contribution >= 0.6 is 0 Å². The Balaban J connectivity index is 3.07. The predicted octanol–water partition coefficient (Wildman–Crippen LogP) is 3.29. The van der Waals surface area contributed by atoms with Crippen LogP contribution in [-0.4, -0.2) is 18.1 Å². The van der Waals surface area contributed by atoms with Gasteiger partial charge < -0.3 is 10.6 Å². The number of hydrogen-bond donors (Lipinski definition) is 1. The Morgan fingerprint density at radius 1 is 1.17 bits per heavy atom. The highest BCUT2D eigenvalue weighted by Gasteiger charge is 2.10. The van der Waals surface area contributed by atoms with Gasteiger partial charge in [-0.25, -0.2) is 4.98 Å². The fourth-order valence-corrected chi connectivity index (χ4v) is 2.05. The van der Waals surface area contributed by atoms with E-state index in [-0.39, 0.29) is 0 Å². The Labute approximate surface area is 111 Å². The maximum atomic E-state index is 5.79. The molecule has 3 nitrogen and oxygen atoms in total. The molecule has 0 amide bonds. The van der Waals surface area contributed by atoms with Gasteiger partial charge in [0.05, 0.1) is 0 Å². The lowest BCUT2D eigenvalue weighted by Crippen LogP contribution is -2.26. The van der Waals surface area contributed by atoms with Crippen LogP contribution in [0.4, 0.5) is 5.82 Å². The minimum atomic E-state index is 0.445. The van der Waals surface area contributed by atoms with Crippen molar-refractivity contribution in [2.75, 3.05) is 18.0 Å². The molecule has 0 atom stereocenters. The highest BCUT2D eigenvalue weighted by atomic mass is 15.2. The van der Waals surface area contributed by atoms with Crippen molar-refractivity contribution >= 4 is 5.82 Å². The molecule has 2 N–H and O–H groups in total. The Bertz CT molecular complexity index is 355. The van der Waals surface area contributed by atoms with E-state index in [1.54, 1.807) is 0 Å². The van der Waals surface area contributed by atoms with Crippen LogP contribution in [0.2, 0.25) is 0 Å². The molecule has 0 saturated heterocycles. The summed E-state index contributed by atoms with van der Waals surface area (Å²) in [4.78, 5) is 7.15. The summed E-state index contributed by atoms with van der Waals surface area (Å²) in [5.41, 5.74) is 8.11. The summed E-state index contributed by atoms with van der Waals surface area (Å²) in [7, 11) is 0. The van der Waals surface area contributed by atoms with Crippen molar-refractivity contribution in [1.29, 1.82) is 0 Å². The molecule has 3 heteroatoms. The Morgan fingerprint density at radius 3 is 2.22 bits per heavy atom. The average molecular weight is 249 g/mol. The van der Waals surface area contributed by atoms with Crippen LogP contribution in [0.1, 0.15) is 57.7 Å². The summed E-state index contributed by atoms with van der Waals surface area (Å²) < 4.78 is 0. The highest BCUT2D eigenvalue weighted by molar-refractivity contribution is 5.43. The van der Waals surface area contributed by atoms with Gasteiger partial charge in [-0.1, -0.05) is 27.7 Å². The van der Waals surface area contributed by atoms with Gasteiger partial charge in [-0.15, -0.1) is 0 Å². The normalized spacial score (nSPS) is 11.0. The van der Waals surface area contributed by atoms with Gasteiger partial charge in [0.2, 0.25) is 0 Å². The van der Waals surface area contributed by atoms with Crippen LogP contribution in [0.15, 0.2) is 12.1 Å². The number of hydrogen-bond acceptors (Lipinski definition) is 3. The van der Waals surface area contributed by atoms with E-state index < -0.39 is 0 Å². The number of aromatic nitrogens is 1. The second-order valence-corrected chi connectivity index (χ2v) is 5.10. The lowest BCUT2D eigenvalue weighted by atomic mass is 10.1. The molecule has 0 aromatic carbocycles. The van der Waals surface area contributed by atoms with Crippen molar-refractivity contribution in [1.82, 2.24) is 4.98 Å². The zero-order valence-electron chi connectivity index (χ0n) is 12.2. The Hall–Kier alpha value is -1.09. The average Bonchev–Trinajstić information content (AvgIpc) is 2.37. The van der Waals surface area contributed by atoms with Crippen molar-refractivity contribution in [3.05, 3.63) is 23.4 Å².